The van der Waals surface area contributed by atoms with E-state index in [4.69, 9.17) is 15.2 Å². The number of rotatable bonds is 8. The molecule has 1 fully saturated rings. The van der Waals surface area contributed by atoms with Crippen LogP contribution in [0, 0.1) is 0 Å². The molecule has 188 valence electrons. The van der Waals surface area contributed by atoms with Gasteiger partial charge in [-0.3, -0.25) is 5.32 Å². The Balaban J connectivity index is 1.46. The quantitative estimate of drug-likeness (QED) is 0.351. The Morgan fingerprint density at radius 3 is 2.64 bits per heavy atom. The van der Waals surface area contributed by atoms with Crippen molar-refractivity contribution in [3.8, 4) is 17.0 Å². The van der Waals surface area contributed by atoms with Crippen LogP contribution >= 0.6 is 0 Å². The average molecular weight is 490 g/mol. The van der Waals surface area contributed by atoms with Crippen LogP contribution in [0.2, 0.25) is 0 Å². The number of nitrogens with two attached hydrogens (primary N) is 1. The van der Waals surface area contributed by atoms with E-state index in [2.05, 4.69) is 25.4 Å². The first-order valence-corrected chi connectivity index (χ1v) is 12.3. The number of tetrazole rings is 1. The molecule has 0 radical (unpaired) electrons. The molecule has 1 amide bonds. The van der Waals surface area contributed by atoms with Gasteiger partial charge in [-0.25, -0.2) is 9.48 Å². The molecule has 0 unspecified atom stereocenters. The molecule has 0 aliphatic heterocycles. The largest absolute Gasteiger partial charge is 0.485 e. The van der Waals surface area contributed by atoms with Crippen LogP contribution in [0.3, 0.4) is 0 Å². The lowest BCUT2D eigenvalue weighted by atomic mass is 9.92. The van der Waals surface area contributed by atoms with Gasteiger partial charge in [-0.15, -0.1) is 5.10 Å². The SMILES string of the molecule is CCn1nnnc1COc1ccc2c(N)c(-c3ccc(NC(=O)OC(C)C)cc3)n(C3CCC3)c2c1. The summed E-state index contributed by atoms with van der Waals surface area (Å²) < 4.78 is 15.3. The van der Waals surface area contributed by atoms with Crippen molar-refractivity contribution in [2.24, 2.45) is 0 Å². The highest BCUT2D eigenvalue weighted by Crippen LogP contribution is 2.45. The van der Waals surface area contributed by atoms with Crippen molar-refractivity contribution < 1.29 is 14.3 Å². The van der Waals surface area contributed by atoms with Crippen LogP contribution in [-0.2, 0) is 17.9 Å². The fraction of sp³-hybridized carbons (Fsp3) is 0.385. The summed E-state index contributed by atoms with van der Waals surface area (Å²) in [5, 5.41) is 15.5. The zero-order chi connectivity index (χ0) is 25.2. The molecule has 2 aromatic carbocycles. The predicted octanol–water partition coefficient (Wildman–Crippen LogP) is 5.16. The van der Waals surface area contributed by atoms with Crippen LogP contribution < -0.4 is 15.8 Å². The van der Waals surface area contributed by atoms with Gasteiger partial charge in [0, 0.05) is 35.3 Å². The molecule has 1 saturated carbocycles. The van der Waals surface area contributed by atoms with E-state index >= 15 is 0 Å². The molecule has 2 aromatic heterocycles. The molecule has 0 spiro atoms. The van der Waals surface area contributed by atoms with E-state index in [1.807, 2.05) is 63.2 Å². The van der Waals surface area contributed by atoms with E-state index in [1.165, 1.54) is 6.42 Å². The molecular weight excluding hydrogens is 458 g/mol. The van der Waals surface area contributed by atoms with E-state index in [0.717, 1.165) is 46.4 Å². The molecule has 10 nitrogen and oxygen atoms in total. The Morgan fingerprint density at radius 2 is 1.97 bits per heavy atom. The number of fused-ring (bicyclic) bond motifs is 1. The number of nitrogen functional groups attached to an aromatic ring is 1. The average Bonchev–Trinajstić information content (AvgIpc) is 3.39. The Hall–Kier alpha value is -4.08. The fourth-order valence-electron chi connectivity index (χ4n) is 4.52. The van der Waals surface area contributed by atoms with Crippen molar-refractivity contribution in [2.75, 3.05) is 11.1 Å². The van der Waals surface area contributed by atoms with Gasteiger partial charge in [0.15, 0.2) is 5.82 Å². The lowest BCUT2D eigenvalue weighted by molar-refractivity contribution is 0.130. The number of anilines is 2. The normalized spacial score (nSPS) is 13.7. The molecule has 0 atom stereocenters. The summed E-state index contributed by atoms with van der Waals surface area (Å²) in [4.78, 5) is 12.0. The lowest BCUT2D eigenvalue weighted by Crippen LogP contribution is -2.18. The van der Waals surface area contributed by atoms with Crippen LogP contribution in [0.15, 0.2) is 42.5 Å². The first kappa shape index (κ1) is 23.7. The summed E-state index contributed by atoms with van der Waals surface area (Å²) in [6.45, 7) is 6.58. The molecule has 1 aliphatic carbocycles. The van der Waals surface area contributed by atoms with Crippen LogP contribution in [0.1, 0.15) is 51.9 Å². The summed E-state index contributed by atoms with van der Waals surface area (Å²) in [5.74, 6) is 1.42. The number of nitrogens with one attached hydrogen (secondary N) is 1. The number of carbonyl (C=O) groups is 1. The number of aryl methyl sites for hydroxylation is 1. The minimum Gasteiger partial charge on any atom is -0.485 e. The summed E-state index contributed by atoms with van der Waals surface area (Å²) in [6.07, 6.45) is 2.75. The van der Waals surface area contributed by atoms with Gasteiger partial charge in [-0.1, -0.05) is 12.1 Å². The maximum atomic E-state index is 12.0. The Labute approximate surface area is 209 Å². The third-order valence-electron chi connectivity index (χ3n) is 6.48. The van der Waals surface area contributed by atoms with Crippen LogP contribution in [-0.4, -0.2) is 37.0 Å². The van der Waals surface area contributed by atoms with E-state index in [1.54, 1.807) is 4.68 Å². The molecule has 4 aromatic rings. The van der Waals surface area contributed by atoms with Gasteiger partial charge in [-0.05, 0) is 74.7 Å². The second-order valence-corrected chi connectivity index (χ2v) is 9.25. The summed E-state index contributed by atoms with van der Waals surface area (Å²) >= 11 is 0. The lowest BCUT2D eigenvalue weighted by Gasteiger charge is -2.30. The molecule has 36 heavy (non-hydrogen) atoms. The first-order chi connectivity index (χ1) is 17.4. The maximum Gasteiger partial charge on any atom is 0.411 e. The van der Waals surface area contributed by atoms with Gasteiger partial charge in [-0.2, -0.15) is 0 Å². The number of benzene rings is 2. The van der Waals surface area contributed by atoms with Gasteiger partial charge >= 0.3 is 6.09 Å². The van der Waals surface area contributed by atoms with Crippen molar-refractivity contribution in [1.82, 2.24) is 24.8 Å². The van der Waals surface area contributed by atoms with Crippen molar-refractivity contribution >= 4 is 28.4 Å². The number of hydrogen-bond donors (Lipinski definition) is 2. The number of nitrogens with zero attached hydrogens (tertiary/aromatic N) is 5. The van der Waals surface area contributed by atoms with E-state index in [9.17, 15) is 4.79 Å². The minimum atomic E-state index is -0.471. The molecule has 1 aliphatic rings. The summed E-state index contributed by atoms with van der Waals surface area (Å²) in [5.41, 5.74) is 11.1. The summed E-state index contributed by atoms with van der Waals surface area (Å²) in [7, 11) is 0. The number of ether oxygens (including phenoxy) is 2. The minimum absolute atomic E-state index is 0.183. The molecule has 0 saturated heterocycles. The third kappa shape index (κ3) is 4.58. The van der Waals surface area contributed by atoms with Gasteiger partial charge in [0.25, 0.3) is 0 Å². The second-order valence-electron chi connectivity index (χ2n) is 9.25. The standard InChI is InChI=1S/C26H31N7O3/c1-4-32-23(29-30-31-32)15-35-20-12-13-21-22(14-20)33(19-6-5-7-19)25(24(21)27)17-8-10-18(11-9-17)28-26(34)36-16(2)3/h8-14,16,19H,4-7,15,27H2,1-3H3,(H,28,34). The topological polar surface area (TPSA) is 122 Å². The monoisotopic (exact) mass is 489 g/mol. The van der Waals surface area contributed by atoms with Crippen molar-refractivity contribution in [1.29, 1.82) is 0 Å². The molecule has 3 N–H and O–H groups in total. The van der Waals surface area contributed by atoms with Gasteiger partial charge in [0.05, 0.1) is 23.0 Å². The molecule has 0 bridgehead atoms. The highest BCUT2D eigenvalue weighted by Gasteiger charge is 2.27. The van der Waals surface area contributed by atoms with Crippen LogP contribution in [0.5, 0.6) is 5.75 Å². The van der Waals surface area contributed by atoms with Crippen LogP contribution in [0.4, 0.5) is 16.2 Å². The molecule has 2 heterocycles. The Morgan fingerprint density at radius 1 is 1.19 bits per heavy atom. The van der Waals surface area contributed by atoms with Crippen molar-refractivity contribution in [3.05, 3.63) is 48.3 Å². The fourth-order valence-corrected chi connectivity index (χ4v) is 4.52. The highest BCUT2D eigenvalue weighted by molar-refractivity contribution is 6.01. The number of hydrogen-bond acceptors (Lipinski definition) is 7. The predicted molar refractivity (Wildman–Crippen MR) is 138 cm³/mol. The third-order valence-corrected chi connectivity index (χ3v) is 6.48. The highest BCUT2D eigenvalue weighted by atomic mass is 16.6. The molecule has 10 heteroatoms. The van der Waals surface area contributed by atoms with Gasteiger partial charge in [0.2, 0.25) is 0 Å². The smallest absolute Gasteiger partial charge is 0.411 e. The Kier molecular flexibility index (Phi) is 6.49. The zero-order valence-electron chi connectivity index (χ0n) is 20.8. The second kappa shape index (κ2) is 9.88. The Bertz CT molecular complexity index is 1370. The van der Waals surface area contributed by atoms with E-state index in [-0.39, 0.29) is 12.7 Å². The van der Waals surface area contributed by atoms with E-state index < -0.39 is 6.09 Å². The number of aromatic nitrogens is 5. The van der Waals surface area contributed by atoms with E-state index in [0.29, 0.717) is 24.1 Å². The van der Waals surface area contributed by atoms with Crippen molar-refractivity contribution in [3.63, 3.8) is 0 Å². The summed E-state index contributed by atoms with van der Waals surface area (Å²) in [6, 6.07) is 14.1. The number of carbonyl (C=O) groups excluding carboxylic acids is 1. The molecular formula is C26H31N7O3. The van der Waals surface area contributed by atoms with Crippen LogP contribution in [0.25, 0.3) is 22.2 Å². The van der Waals surface area contributed by atoms with Gasteiger partial charge in [0.1, 0.15) is 12.4 Å². The van der Waals surface area contributed by atoms with Crippen molar-refractivity contribution in [2.45, 2.75) is 65.3 Å². The van der Waals surface area contributed by atoms with Gasteiger partial charge < -0.3 is 19.8 Å². The number of amides is 1. The zero-order valence-corrected chi connectivity index (χ0v) is 20.8. The maximum absolute atomic E-state index is 12.0. The molecule has 5 rings (SSSR count). The first-order valence-electron chi connectivity index (χ1n) is 12.3.